The maximum Gasteiger partial charge on any atom is 0.341 e. The molecule has 1 N–H and O–H groups in total. The van der Waals surface area contributed by atoms with Gasteiger partial charge in [0.15, 0.2) is 6.61 Å². The van der Waals surface area contributed by atoms with E-state index in [0.717, 1.165) is 18.4 Å². The number of ether oxygens (including phenoxy) is 4. The highest BCUT2D eigenvalue weighted by Gasteiger charge is 2.32. The molecule has 1 fully saturated rings. The van der Waals surface area contributed by atoms with Gasteiger partial charge in [0.2, 0.25) is 0 Å². The molecule has 0 saturated heterocycles. The Morgan fingerprint density at radius 1 is 1.16 bits per heavy atom. The van der Waals surface area contributed by atoms with Crippen molar-refractivity contribution in [2.24, 2.45) is 0 Å². The Bertz CT molecular complexity index is 1020. The number of rotatable bonds is 10. The minimum atomic E-state index is -0.687. The van der Waals surface area contributed by atoms with Crippen LogP contribution in [0.4, 0.5) is 5.00 Å². The van der Waals surface area contributed by atoms with Gasteiger partial charge in [-0.2, -0.15) is 0 Å². The normalized spacial score (nSPS) is 13.0. The largest absolute Gasteiger partial charge is 0.497 e. The van der Waals surface area contributed by atoms with Crippen molar-refractivity contribution < 1.29 is 33.3 Å². The van der Waals surface area contributed by atoms with Crippen molar-refractivity contribution in [1.29, 1.82) is 0 Å². The Hall–Kier alpha value is -3.33. The Balaban J connectivity index is 1.58. The van der Waals surface area contributed by atoms with Gasteiger partial charge >= 0.3 is 11.9 Å². The summed E-state index contributed by atoms with van der Waals surface area (Å²) in [6, 6.07) is 5.16. The maximum atomic E-state index is 12.4. The molecule has 1 aromatic heterocycles. The second-order valence-electron chi connectivity index (χ2n) is 6.99. The molecule has 0 atom stereocenters. The molecule has 1 saturated carbocycles. The predicted molar refractivity (Wildman–Crippen MR) is 120 cm³/mol. The van der Waals surface area contributed by atoms with E-state index < -0.39 is 24.5 Å². The van der Waals surface area contributed by atoms with E-state index >= 15 is 0 Å². The van der Waals surface area contributed by atoms with E-state index in [1.54, 1.807) is 32.2 Å². The lowest BCUT2D eigenvalue weighted by Gasteiger charge is -2.08. The summed E-state index contributed by atoms with van der Waals surface area (Å²) >= 11 is 1.26. The second-order valence-corrected chi connectivity index (χ2v) is 7.87. The molecule has 0 spiro atoms. The maximum absolute atomic E-state index is 12.4. The van der Waals surface area contributed by atoms with Gasteiger partial charge in [-0.15, -0.1) is 11.3 Å². The van der Waals surface area contributed by atoms with Crippen LogP contribution in [0, 0.1) is 0 Å². The molecule has 1 heterocycles. The molecular weight excluding hydrogens is 434 g/mol. The summed E-state index contributed by atoms with van der Waals surface area (Å²) in [4.78, 5) is 36.7. The van der Waals surface area contributed by atoms with Crippen LogP contribution in [0.3, 0.4) is 0 Å². The minimum Gasteiger partial charge on any atom is -0.497 e. The van der Waals surface area contributed by atoms with Gasteiger partial charge in [-0.25, -0.2) is 9.59 Å². The first-order valence-corrected chi connectivity index (χ1v) is 11.0. The summed E-state index contributed by atoms with van der Waals surface area (Å²) in [5, 5.41) is 4.94. The molecule has 1 amide bonds. The Morgan fingerprint density at radius 3 is 2.59 bits per heavy atom. The lowest BCUT2D eigenvalue weighted by Crippen LogP contribution is -2.21. The van der Waals surface area contributed by atoms with Crippen LogP contribution >= 0.6 is 11.3 Å². The van der Waals surface area contributed by atoms with E-state index in [2.05, 4.69) is 5.32 Å². The fraction of sp³-hybridized carbons (Fsp3) is 0.348. The van der Waals surface area contributed by atoms with Crippen molar-refractivity contribution in [3.05, 3.63) is 46.3 Å². The molecule has 1 aliphatic rings. The van der Waals surface area contributed by atoms with E-state index in [9.17, 15) is 14.4 Å². The predicted octanol–water partition coefficient (Wildman–Crippen LogP) is 4.01. The molecule has 1 aliphatic carbocycles. The highest BCUT2D eigenvalue weighted by atomic mass is 32.1. The number of amides is 1. The summed E-state index contributed by atoms with van der Waals surface area (Å²) in [6.07, 6.45) is 4.76. The van der Waals surface area contributed by atoms with E-state index in [0.29, 0.717) is 33.5 Å². The molecule has 170 valence electrons. The SMILES string of the molecule is CCOC(=O)c1c(C2CC2)csc1NC(=O)COC(=O)C=Cc1ccc(OC)cc1OC. The molecule has 0 aliphatic heterocycles. The summed E-state index contributed by atoms with van der Waals surface area (Å²) in [5.41, 5.74) is 1.95. The van der Waals surface area contributed by atoms with E-state index in [-0.39, 0.29) is 6.61 Å². The fourth-order valence-electron chi connectivity index (χ4n) is 3.03. The van der Waals surface area contributed by atoms with Gasteiger partial charge in [-0.1, -0.05) is 0 Å². The molecule has 9 heteroatoms. The molecule has 1 aromatic carbocycles. The van der Waals surface area contributed by atoms with Crippen molar-refractivity contribution in [2.45, 2.75) is 25.7 Å². The number of anilines is 1. The number of hydrogen-bond acceptors (Lipinski definition) is 8. The monoisotopic (exact) mass is 459 g/mol. The smallest absolute Gasteiger partial charge is 0.341 e. The van der Waals surface area contributed by atoms with Crippen molar-refractivity contribution in [2.75, 3.05) is 32.8 Å². The highest BCUT2D eigenvalue weighted by molar-refractivity contribution is 7.15. The van der Waals surface area contributed by atoms with Crippen LogP contribution in [-0.2, 0) is 19.1 Å². The number of carbonyl (C=O) groups is 3. The first kappa shape index (κ1) is 23.3. The highest BCUT2D eigenvalue weighted by Crippen LogP contribution is 2.46. The van der Waals surface area contributed by atoms with Gasteiger partial charge in [-0.3, -0.25) is 4.79 Å². The quantitative estimate of drug-likeness (QED) is 0.423. The van der Waals surface area contributed by atoms with Crippen molar-refractivity contribution >= 4 is 40.3 Å². The van der Waals surface area contributed by atoms with Crippen molar-refractivity contribution in [3.8, 4) is 11.5 Å². The number of hydrogen-bond donors (Lipinski definition) is 1. The van der Waals surface area contributed by atoms with Gasteiger partial charge in [0.25, 0.3) is 5.91 Å². The number of benzene rings is 1. The Kier molecular flexibility index (Phi) is 7.88. The number of methoxy groups -OCH3 is 2. The topological polar surface area (TPSA) is 100 Å². The molecule has 0 unspecified atom stereocenters. The molecular formula is C23H25NO7S. The van der Waals surface area contributed by atoms with Gasteiger partial charge in [-0.05, 0) is 54.8 Å². The minimum absolute atomic E-state index is 0.245. The Morgan fingerprint density at radius 2 is 1.94 bits per heavy atom. The van der Waals surface area contributed by atoms with Crippen molar-refractivity contribution in [1.82, 2.24) is 0 Å². The number of carbonyl (C=O) groups excluding carboxylic acids is 3. The molecule has 8 nitrogen and oxygen atoms in total. The molecule has 0 bridgehead atoms. The molecule has 3 rings (SSSR count). The van der Waals surface area contributed by atoms with E-state index in [4.69, 9.17) is 18.9 Å². The third kappa shape index (κ3) is 5.88. The molecule has 2 aromatic rings. The molecule has 0 radical (unpaired) electrons. The van der Waals surface area contributed by atoms with Crippen LogP contribution in [0.25, 0.3) is 6.08 Å². The summed E-state index contributed by atoms with van der Waals surface area (Å²) < 4.78 is 20.6. The zero-order chi connectivity index (χ0) is 23.1. The second kappa shape index (κ2) is 10.8. The number of nitrogens with one attached hydrogen (secondary N) is 1. The van der Waals surface area contributed by atoms with Crippen LogP contribution < -0.4 is 14.8 Å². The Labute approximate surface area is 190 Å². The zero-order valence-corrected chi connectivity index (χ0v) is 19.0. The van der Waals surface area contributed by atoms with Gasteiger partial charge < -0.3 is 24.3 Å². The third-order valence-corrected chi connectivity index (χ3v) is 5.67. The van der Waals surface area contributed by atoms with Crippen LogP contribution in [-0.4, -0.2) is 45.3 Å². The van der Waals surface area contributed by atoms with Crippen LogP contribution in [0.15, 0.2) is 29.7 Å². The number of esters is 2. The first-order chi connectivity index (χ1) is 15.5. The van der Waals surface area contributed by atoms with Crippen LogP contribution in [0.5, 0.6) is 11.5 Å². The molecule has 32 heavy (non-hydrogen) atoms. The first-order valence-electron chi connectivity index (χ1n) is 10.1. The zero-order valence-electron chi connectivity index (χ0n) is 18.1. The summed E-state index contributed by atoms with van der Waals surface area (Å²) in [5.74, 6) is -0.203. The van der Waals surface area contributed by atoms with Crippen LogP contribution in [0.2, 0.25) is 0 Å². The standard InChI is InChI=1S/C23H25NO7S/c1-4-30-23(27)21-17(14-5-6-14)13-32-22(21)24-19(25)12-31-20(26)10-8-15-7-9-16(28-2)11-18(15)29-3/h7-11,13-14H,4-6,12H2,1-3H3,(H,24,25). The third-order valence-electron chi connectivity index (χ3n) is 4.75. The number of thiophene rings is 1. The van der Waals surface area contributed by atoms with Gasteiger partial charge in [0.05, 0.1) is 26.4 Å². The van der Waals surface area contributed by atoms with Gasteiger partial charge in [0.1, 0.15) is 16.5 Å². The van der Waals surface area contributed by atoms with Crippen molar-refractivity contribution in [3.63, 3.8) is 0 Å². The van der Waals surface area contributed by atoms with Gasteiger partial charge in [0, 0.05) is 17.7 Å². The summed E-state index contributed by atoms with van der Waals surface area (Å²) in [7, 11) is 3.06. The summed E-state index contributed by atoms with van der Waals surface area (Å²) in [6.45, 7) is 1.49. The van der Waals surface area contributed by atoms with E-state index in [1.165, 1.54) is 30.6 Å². The fourth-order valence-corrected chi connectivity index (χ4v) is 4.08. The van der Waals surface area contributed by atoms with E-state index in [1.807, 2.05) is 5.38 Å². The lowest BCUT2D eigenvalue weighted by atomic mass is 10.1. The lowest BCUT2D eigenvalue weighted by molar-refractivity contribution is -0.142. The average molecular weight is 460 g/mol. The van der Waals surface area contributed by atoms with Crippen LogP contribution in [0.1, 0.15) is 47.2 Å². The average Bonchev–Trinajstić information content (AvgIpc) is 3.56.